The van der Waals surface area contributed by atoms with Gasteiger partial charge in [0.2, 0.25) is 10.0 Å². The molecule has 0 aliphatic rings. The summed E-state index contributed by atoms with van der Waals surface area (Å²) in [6.45, 7) is 3.29. The van der Waals surface area contributed by atoms with Crippen molar-refractivity contribution in [1.29, 1.82) is 0 Å². The molecule has 0 spiro atoms. The number of benzene rings is 2. The molecule has 0 fully saturated rings. The van der Waals surface area contributed by atoms with Crippen molar-refractivity contribution in [3.63, 3.8) is 0 Å². The molecule has 124 valence electrons. The van der Waals surface area contributed by atoms with E-state index in [2.05, 4.69) is 4.90 Å². The molecule has 0 amide bonds. The molecule has 5 nitrogen and oxygen atoms in total. The molecule has 0 radical (unpaired) electrons. The van der Waals surface area contributed by atoms with E-state index in [1.54, 1.807) is 12.1 Å². The minimum atomic E-state index is -3.68. The molecule has 2 rings (SSSR count). The maximum atomic E-state index is 11.5. The molecule has 1 atom stereocenters. The molecule has 0 aliphatic heterocycles. The highest BCUT2D eigenvalue weighted by Gasteiger charge is 2.15. The van der Waals surface area contributed by atoms with Crippen molar-refractivity contribution in [2.24, 2.45) is 5.14 Å². The number of hydrogen-bond donors (Lipinski definition) is 1. The van der Waals surface area contributed by atoms with Gasteiger partial charge in [-0.2, -0.15) is 0 Å². The zero-order valence-corrected chi connectivity index (χ0v) is 14.2. The third-order valence-electron chi connectivity index (χ3n) is 3.79. The first-order chi connectivity index (χ1) is 10.9. The van der Waals surface area contributed by atoms with Crippen molar-refractivity contribution in [3.8, 4) is 5.75 Å². The zero-order chi connectivity index (χ0) is 16.9. The van der Waals surface area contributed by atoms with Crippen LogP contribution in [0.5, 0.6) is 5.75 Å². The Labute approximate surface area is 137 Å². The summed E-state index contributed by atoms with van der Waals surface area (Å²) in [4.78, 5) is 2.24. The Bertz CT molecular complexity index is 733. The standard InChI is InChI=1S/C17H22N2O3S/c1-14(15-7-6-10-17(13-15)23(18,20)21)19(2)11-12-22-16-8-4-3-5-9-16/h3-10,13-14H,11-12H2,1-2H3,(H2,18,20,21). The van der Waals surface area contributed by atoms with Gasteiger partial charge in [-0.15, -0.1) is 0 Å². The number of nitrogens with zero attached hydrogens (tertiary/aromatic N) is 1. The fourth-order valence-electron chi connectivity index (χ4n) is 2.22. The molecule has 2 aromatic rings. The number of nitrogens with two attached hydrogens (primary N) is 1. The molecule has 0 heterocycles. The van der Waals surface area contributed by atoms with Gasteiger partial charge in [-0.1, -0.05) is 30.3 Å². The number of ether oxygens (including phenoxy) is 1. The van der Waals surface area contributed by atoms with Crippen molar-refractivity contribution in [2.75, 3.05) is 20.2 Å². The van der Waals surface area contributed by atoms with E-state index in [9.17, 15) is 8.42 Å². The second kappa shape index (κ2) is 7.59. The van der Waals surface area contributed by atoms with Crippen molar-refractivity contribution in [2.45, 2.75) is 17.9 Å². The van der Waals surface area contributed by atoms with Gasteiger partial charge in [0.05, 0.1) is 4.90 Å². The first kappa shape index (κ1) is 17.5. The highest BCUT2D eigenvalue weighted by atomic mass is 32.2. The van der Waals surface area contributed by atoms with Crippen LogP contribution in [0.15, 0.2) is 59.5 Å². The summed E-state index contributed by atoms with van der Waals surface area (Å²) >= 11 is 0. The maximum Gasteiger partial charge on any atom is 0.238 e. The molecule has 1 unspecified atom stereocenters. The molecule has 0 aromatic heterocycles. The van der Waals surface area contributed by atoms with Crippen molar-refractivity contribution in [3.05, 3.63) is 60.2 Å². The van der Waals surface area contributed by atoms with Crippen LogP contribution in [-0.4, -0.2) is 33.5 Å². The van der Waals surface area contributed by atoms with E-state index in [4.69, 9.17) is 9.88 Å². The Morgan fingerprint density at radius 1 is 1.13 bits per heavy atom. The number of para-hydroxylation sites is 1. The van der Waals surface area contributed by atoms with E-state index < -0.39 is 10.0 Å². The van der Waals surface area contributed by atoms with E-state index in [1.165, 1.54) is 6.07 Å². The summed E-state index contributed by atoms with van der Waals surface area (Å²) in [6, 6.07) is 16.4. The summed E-state index contributed by atoms with van der Waals surface area (Å²) in [5.41, 5.74) is 0.902. The molecule has 2 N–H and O–H groups in total. The van der Waals surface area contributed by atoms with E-state index in [0.29, 0.717) is 6.61 Å². The van der Waals surface area contributed by atoms with Crippen molar-refractivity contribution < 1.29 is 13.2 Å². The Balaban J connectivity index is 1.95. The number of hydrogen-bond acceptors (Lipinski definition) is 4. The average molecular weight is 334 g/mol. The van der Waals surface area contributed by atoms with Crippen LogP contribution in [0.1, 0.15) is 18.5 Å². The van der Waals surface area contributed by atoms with Crippen LogP contribution in [0.3, 0.4) is 0 Å². The van der Waals surface area contributed by atoms with Crippen LogP contribution in [-0.2, 0) is 10.0 Å². The Morgan fingerprint density at radius 2 is 1.83 bits per heavy atom. The van der Waals surface area contributed by atoms with Gasteiger partial charge >= 0.3 is 0 Å². The van der Waals surface area contributed by atoms with Crippen LogP contribution in [0.25, 0.3) is 0 Å². The summed E-state index contributed by atoms with van der Waals surface area (Å²) in [5, 5.41) is 5.19. The number of sulfonamides is 1. The molecule has 23 heavy (non-hydrogen) atoms. The lowest BCUT2D eigenvalue weighted by molar-refractivity contribution is 0.201. The second-order valence-corrected chi connectivity index (χ2v) is 7.00. The molecule has 0 saturated carbocycles. The predicted molar refractivity (Wildman–Crippen MR) is 90.8 cm³/mol. The topological polar surface area (TPSA) is 72.6 Å². The quantitative estimate of drug-likeness (QED) is 0.844. The number of primary sulfonamides is 1. The van der Waals surface area contributed by atoms with E-state index in [-0.39, 0.29) is 10.9 Å². The molecule has 6 heteroatoms. The summed E-state index contributed by atoms with van der Waals surface area (Å²) in [6.07, 6.45) is 0. The molecule has 0 saturated heterocycles. The number of rotatable bonds is 7. The van der Waals surface area contributed by atoms with E-state index in [0.717, 1.165) is 17.9 Å². The predicted octanol–water partition coefficient (Wildman–Crippen LogP) is 2.41. The van der Waals surface area contributed by atoms with Crippen LogP contribution in [0.2, 0.25) is 0 Å². The Morgan fingerprint density at radius 3 is 2.48 bits per heavy atom. The van der Waals surface area contributed by atoms with Gasteiger partial charge in [0.1, 0.15) is 12.4 Å². The molecular formula is C17H22N2O3S. The van der Waals surface area contributed by atoms with Gasteiger partial charge in [0, 0.05) is 12.6 Å². The lowest BCUT2D eigenvalue weighted by Gasteiger charge is -2.25. The third kappa shape index (κ3) is 5.06. The van der Waals surface area contributed by atoms with E-state index in [1.807, 2.05) is 50.4 Å². The average Bonchev–Trinajstić information content (AvgIpc) is 2.54. The minimum Gasteiger partial charge on any atom is -0.492 e. The smallest absolute Gasteiger partial charge is 0.238 e. The normalized spacial score (nSPS) is 13.0. The fraction of sp³-hybridized carbons (Fsp3) is 0.294. The Hall–Kier alpha value is -1.89. The van der Waals surface area contributed by atoms with Gasteiger partial charge < -0.3 is 4.74 Å². The van der Waals surface area contributed by atoms with Crippen molar-refractivity contribution >= 4 is 10.0 Å². The lowest BCUT2D eigenvalue weighted by Crippen LogP contribution is -2.27. The molecule has 0 bridgehead atoms. The lowest BCUT2D eigenvalue weighted by atomic mass is 10.1. The molecule has 0 aliphatic carbocycles. The number of likely N-dealkylation sites (N-methyl/N-ethyl adjacent to an activating group) is 1. The van der Waals surface area contributed by atoms with Crippen LogP contribution in [0, 0.1) is 0 Å². The largest absolute Gasteiger partial charge is 0.492 e. The first-order valence-electron chi connectivity index (χ1n) is 7.39. The SMILES string of the molecule is CC(c1cccc(S(N)(=O)=O)c1)N(C)CCOc1ccccc1. The monoisotopic (exact) mass is 334 g/mol. The highest BCUT2D eigenvalue weighted by Crippen LogP contribution is 2.21. The molecular weight excluding hydrogens is 312 g/mol. The van der Waals surface area contributed by atoms with Gasteiger partial charge in [-0.3, -0.25) is 4.90 Å². The summed E-state index contributed by atoms with van der Waals surface area (Å²) in [7, 11) is -1.71. The molecule has 2 aromatic carbocycles. The van der Waals surface area contributed by atoms with Crippen LogP contribution < -0.4 is 9.88 Å². The first-order valence-corrected chi connectivity index (χ1v) is 8.93. The fourth-order valence-corrected chi connectivity index (χ4v) is 2.79. The summed E-state index contributed by atoms with van der Waals surface area (Å²) in [5.74, 6) is 0.838. The minimum absolute atomic E-state index is 0.0519. The van der Waals surface area contributed by atoms with Gasteiger partial charge in [0.25, 0.3) is 0 Å². The third-order valence-corrected chi connectivity index (χ3v) is 4.70. The summed E-state index contributed by atoms with van der Waals surface area (Å²) < 4.78 is 28.6. The van der Waals surface area contributed by atoms with Crippen LogP contribution >= 0.6 is 0 Å². The second-order valence-electron chi connectivity index (χ2n) is 5.44. The van der Waals surface area contributed by atoms with Crippen molar-refractivity contribution in [1.82, 2.24) is 4.90 Å². The Kier molecular flexibility index (Phi) is 5.76. The van der Waals surface area contributed by atoms with E-state index >= 15 is 0 Å². The van der Waals surface area contributed by atoms with Gasteiger partial charge in [-0.05, 0) is 43.8 Å². The zero-order valence-electron chi connectivity index (χ0n) is 13.3. The van der Waals surface area contributed by atoms with Gasteiger partial charge in [-0.25, -0.2) is 13.6 Å². The highest BCUT2D eigenvalue weighted by molar-refractivity contribution is 7.89. The maximum absolute atomic E-state index is 11.5. The van der Waals surface area contributed by atoms with Crippen LogP contribution in [0.4, 0.5) is 0 Å². The van der Waals surface area contributed by atoms with Gasteiger partial charge in [0.15, 0.2) is 0 Å².